The summed E-state index contributed by atoms with van der Waals surface area (Å²) in [5, 5.41) is 1.42. The highest BCUT2D eigenvalue weighted by molar-refractivity contribution is 5.85. The second-order valence-corrected chi connectivity index (χ2v) is 6.02. The molecule has 2 aromatic rings. The fourth-order valence-electron chi connectivity index (χ4n) is 3.37. The zero-order valence-electron chi connectivity index (χ0n) is 12.5. The molecule has 0 bridgehead atoms. The van der Waals surface area contributed by atoms with Gasteiger partial charge < -0.3 is 9.88 Å². The third-order valence-corrected chi connectivity index (χ3v) is 4.34. The Bertz CT molecular complexity index is 561. The predicted molar refractivity (Wildman–Crippen MR) is 88.8 cm³/mol. The number of rotatable bonds is 4. The predicted octanol–water partition coefficient (Wildman–Crippen LogP) is 4.17. The first-order chi connectivity index (χ1) is 9.26. The summed E-state index contributed by atoms with van der Waals surface area (Å²) in [7, 11) is 0. The van der Waals surface area contributed by atoms with Crippen LogP contribution in [0.15, 0.2) is 24.4 Å². The number of aromatic nitrogens is 1. The number of nitrogens with one attached hydrogen (secondary N) is 1. The van der Waals surface area contributed by atoms with E-state index in [-0.39, 0.29) is 12.4 Å². The van der Waals surface area contributed by atoms with Crippen LogP contribution in [0.2, 0.25) is 0 Å². The number of fused-ring (bicyclic) bond motifs is 1. The van der Waals surface area contributed by atoms with Crippen molar-refractivity contribution in [2.24, 2.45) is 5.92 Å². The van der Waals surface area contributed by atoms with Crippen molar-refractivity contribution >= 4 is 23.3 Å². The Labute approximate surface area is 128 Å². The lowest BCUT2D eigenvalue weighted by Crippen LogP contribution is -2.21. The molecule has 3 rings (SSSR count). The van der Waals surface area contributed by atoms with Crippen LogP contribution in [0.4, 0.5) is 0 Å². The highest BCUT2D eigenvalue weighted by Crippen LogP contribution is 2.26. The van der Waals surface area contributed by atoms with Gasteiger partial charge in [-0.1, -0.05) is 18.6 Å². The highest BCUT2D eigenvalue weighted by atomic mass is 35.5. The Balaban J connectivity index is 0.00000147. The maximum absolute atomic E-state index is 3.41. The summed E-state index contributed by atoms with van der Waals surface area (Å²) in [4.78, 5) is 6.03. The van der Waals surface area contributed by atoms with Gasteiger partial charge in [0.25, 0.3) is 0 Å². The standard InChI is InChI=1S/C17H24N2.ClH/c1-3-7-19-8-6-14(12-19)10-15-11-18-17-5-4-13(2)9-16(15)17;/h4-5,9,11,14,18H,3,6-8,10,12H2,1-2H3;1H. The molecule has 1 aliphatic heterocycles. The molecule has 20 heavy (non-hydrogen) atoms. The second-order valence-electron chi connectivity index (χ2n) is 6.02. The fourth-order valence-corrected chi connectivity index (χ4v) is 3.37. The molecule has 1 aromatic carbocycles. The van der Waals surface area contributed by atoms with Crippen LogP contribution in [0.1, 0.15) is 30.9 Å². The van der Waals surface area contributed by atoms with Crippen molar-refractivity contribution in [1.29, 1.82) is 0 Å². The molecule has 1 aliphatic rings. The van der Waals surface area contributed by atoms with Gasteiger partial charge in [-0.05, 0) is 62.9 Å². The summed E-state index contributed by atoms with van der Waals surface area (Å²) >= 11 is 0. The number of aromatic amines is 1. The number of H-pyrrole nitrogens is 1. The van der Waals surface area contributed by atoms with Gasteiger partial charge in [0, 0.05) is 23.6 Å². The molecule has 110 valence electrons. The van der Waals surface area contributed by atoms with Crippen molar-refractivity contribution < 1.29 is 0 Å². The van der Waals surface area contributed by atoms with Crippen molar-refractivity contribution in [3.8, 4) is 0 Å². The van der Waals surface area contributed by atoms with E-state index in [1.165, 1.54) is 60.9 Å². The molecule has 0 saturated carbocycles. The molecule has 1 saturated heterocycles. The molecule has 1 N–H and O–H groups in total. The SMILES string of the molecule is CCCN1CCC(Cc2c[nH]c3ccc(C)cc23)C1.Cl. The Hall–Kier alpha value is -0.990. The van der Waals surface area contributed by atoms with Crippen molar-refractivity contribution in [1.82, 2.24) is 9.88 Å². The molecule has 3 heteroatoms. The fraction of sp³-hybridized carbons (Fsp3) is 0.529. The van der Waals surface area contributed by atoms with Gasteiger partial charge in [-0.3, -0.25) is 0 Å². The van der Waals surface area contributed by atoms with Gasteiger partial charge in [-0.2, -0.15) is 0 Å². The Morgan fingerprint density at radius 3 is 3.00 bits per heavy atom. The summed E-state index contributed by atoms with van der Waals surface area (Å²) in [6.45, 7) is 8.29. The van der Waals surface area contributed by atoms with Gasteiger partial charge in [0.05, 0.1) is 0 Å². The minimum atomic E-state index is 0. The largest absolute Gasteiger partial charge is 0.361 e. The quantitative estimate of drug-likeness (QED) is 0.896. The van der Waals surface area contributed by atoms with E-state index in [1.54, 1.807) is 0 Å². The molecule has 1 unspecified atom stereocenters. The molecule has 2 nitrogen and oxygen atoms in total. The molecule has 1 fully saturated rings. The molecule has 0 spiro atoms. The average molecular weight is 293 g/mol. The average Bonchev–Trinajstić information content (AvgIpc) is 2.98. The van der Waals surface area contributed by atoms with Crippen LogP contribution in [-0.4, -0.2) is 29.5 Å². The van der Waals surface area contributed by atoms with Gasteiger partial charge in [0.2, 0.25) is 0 Å². The van der Waals surface area contributed by atoms with E-state index >= 15 is 0 Å². The second kappa shape index (κ2) is 6.64. The van der Waals surface area contributed by atoms with Crippen LogP contribution in [0.5, 0.6) is 0 Å². The lowest BCUT2D eigenvalue weighted by molar-refractivity contribution is 0.324. The maximum atomic E-state index is 3.41. The summed E-state index contributed by atoms with van der Waals surface area (Å²) in [6, 6.07) is 6.70. The number of hydrogen-bond donors (Lipinski definition) is 1. The zero-order valence-corrected chi connectivity index (χ0v) is 13.3. The highest BCUT2D eigenvalue weighted by Gasteiger charge is 2.22. The van der Waals surface area contributed by atoms with Crippen LogP contribution in [0.3, 0.4) is 0 Å². The van der Waals surface area contributed by atoms with Gasteiger partial charge in [0.15, 0.2) is 0 Å². The topological polar surface area (TPSA) is 19.0 Å². The molecular formula is C17H25ClN2. The maximum Gasteiger partial charge on any atom is 0.0456 e. The third-order valence-electron chi connectivity index (χ3n) is 4.34. The summed E-state index contributed by atoms with van der Waals surface area (Å²) in [6.07, 6.45) is 6.08. The van der Waals surface area contributed by atoms with Crippen LogP contribution in [0, 0.1) is 12.8 Å². The first-order valence-electron chi connectivity index (χ1n) is 7.55. The van der Waals surface area contributed by atoms with E-state index in [1.807, 2.05) is 0 Å². The molecule has 1 aromatic heterocycles. The van der Waals surface area contributed by atoms with Crippen molar-refractivity contribution in [2.75, 3.05) is 19.6 Å². The molecule has 0 amide bonds. The normalized spacial score (nSPS) is 19.4. The smallest absolute Gasteiger partial charge is 0.0456 e. The molecule has 0 radical (unpaired) electrons. The van der Waals surface area contributed by atoms with E-state index in [4.69, 9.17) is 0 Å². The van der Waals surface area contributed by atoms with Crippen molar-refractivity contribution in [3.05, 3.63) is 35.5 Å². The molecule has 0 aliphatic carbocycles. The van der Waals surface area contributed by atoms with Gasteiger partial charge in [-0.15, -0.1) is 12.4 Å². The number of halogens is 1. The monoisotopic (exact) mass is 292 g/mol. The summed E-state index contributed by atoms with van der Waals surface area (Å²) < 4.78 is 0. The molecule has 1 atom stereocenters. The van der Waals surface area contributed by atoms with E-state index < -0.39 is 0 Å². The zero-order chi connectivity index (χ0) is 13.2. The summed E-state index contributed by atoms with van der Waals surface area (Å²) in [5.41, 5.74) is 4.14. The van der Waals surface area contributed by atoms with Crippen LogP contribution in [0.25, 0.3) is 10.9 Å². The van der Waals surface area contributed by atoms with Gasteiger partial charge >= 0.3 is 0 Å². The van der Waals surface area contributed by atoms with Crippen LogP contribution < -0.4 is 0 Å². The molecule has 2 heterocycles. The van der Waals surface area contributed by atoms with Crippen molar-refractivity contribution in [3.63, 3.8) is 0 Å². The van der Waals surface area contributed by atoms with E-state index in [9.17, 15) is 0 Å². The Morgan fingerprint density at radius 1 is 1.35 bits per heavy atom. The van der Waals surface area contributed by atoms with Crippen LogP contribution in [-0.2, 0) is 6.42 Å². The number of benzene rings is 1. The van der Waals surface area contributed by atoms with Gasteiger partial charge in [0.1, 0.15) is 0 Å². The first kappa shape index (κ1) is 15.4. The minimum Gasteiger partial charge on any atom is -0.361 e. The first-order valence-corrected chi connectivity index (χ1v) is 7.55. The molecular weight excluding hydrogens is 268 g/mol. The number of likely N-dealkylation sites (tertiary alicyclic amines) is 1. The van der Waals surface area contributed by atoms with E-state index in [2.05, 4.69) is 48.1 Å². The number of aryl methyl sites for hydroxylation is 1. The minimum absolute atomic E-state index is 0. The van der Waals surface area contributed by atoms with E-state index in [0.29, 0.717) is 0 Å². The number of hydrogen-bond acceptors (Lipinski definition) is 1. The lowest BCUT2D eigenvalue weighted by atomic mass is 9.98. The van der Waals surface area contributed by atoms with Crippen molar-refractivity contribution in [2.45, 2.75) is 33.1 Å². The van der Waals surface area contributed by atoms with Gasteiger partial charge in [-0.25, -0.2) is 0 Å². The lowest BCUT2D eigenvalue weighted by Gasteiger charge is -2.14. The number of nitrogens with zero attached hydrogens (tertiary/aromatic N) is 1. The third kappa shape index (κ3) is 3.18. The summed E-state index contributed by atoms with van der Waals surface area (Å²) in [5.74, 6) is 0.839. The Kier molecular flexibility index (Phi) is 5.11. The Morgan fingerprint density at radius 2 is 2.20 bits per heavy atom. The van der Waals surface area contributed by atoms with Crippen LogP contribution >= 0.6 is 12.4 Å². The van der Waals surface area contributed by atoms with E-state index in [0.717, 1.165) is 5.92 Å².